The molecule has 0 aliphatic rings. The van der Waals surface area contributed by atoms with Crippen molar-refractivity contribution in [1.29, 1.82) is 5.26 Å². The van der Waals surface area contributed by atoms with E-state index in [9.17, 15) is 10.1 Å². The van der Waals surface area contributed by atoms with Crippen molar-refractivity contribution in [3.8, 4) is 6.07 Å². The first kappa shape index (κ1) is 14.8. The number of carbonyl (C=O) groups excluding carboxylic acids is 1. The number of likely N-dealkylation sites (N-methyl/N-ethyl adjacent to an activating group) is 1. The zero-order valence-electron chi connectivity index (χ0n) is 10.9. The third kappa shape index (κ3) is 3.47. The number of hydrogen-bond donors (Lipinski definition) is 0. The number of halogens is 1. The van der Waals surface area contributed by atoms with Gasteiger partial charge in [-0.15, -0.1) is 11.3 Å². The van der Waals surface area contributed by atoms with Crippen molar-refractivity contribution < 1.29 is 4.79 Å². The van der Waals surface area contributed by atoms with E-state index in [2.05, 4.69) is 22.0 Å². The van der Waals surface area contributed by atoms with Crippen molar-refractivity contribution in [1.82, 2.24) is 4.90 Å². The quantitative estimate of drug-likeness (QED) is 0.843. The predicted molar refractivity (Wildman–Crippen MR) is 83.3 cm³/mol. The minimum Gasteiger partial charge on any atom is -0.339 e. The van der Waals surface area contributed by atoms with Crippen LogP contribution in [0.25, 0.3) is 0 Å². The van der Waals surface area contributed by atoms with Crippen molar-refractivity contribution in [3.05, 3.63) is 56.7 Å². The summed E-state index contributed by atoms with van der Waals surface area (Å²) in [4.78, 5) is 15.1. The molecule has 0 N–H and O–H groups in total. The van der Waals surface area contributed by atoms with Crippen LogP contribution in [0.15, 0.2) is 46.3 Å². The smallest absolute Gasteiger partial charge is 0.244 e. The molecule has 0 spiro atoms. The number of rotatable bonds is 4. The molecule has 0 saturated heterocycles. The Morgan fingerprint density at radius 2 is 2.15 bits per heavy atom. The molecule has 1 heterocycles. The van der Waals surface area contributed by atoms with Gasteiger partial charge in [-0.05, 0) is 27.6 Å². The Hall–Kier alpha value is -1.64. The third-order valence-electron chi connectivity index (χ3n) is 2.90. The van der Waals surface area contributed by atoms with Gasteiger partial charge in [0.15, 0.2) is 0 Å². The largest absolute Gasteiger partial charge is 0.339 e. The van der Waals surface area contributed by atoms with Crippen molar-refractivity contribution >= 4 is 33.2 Å². The van der Waals surface area contributed by atoms with Crippen molar-refractivity contribution in [3.63, 3.8) is 0 Å². The topological polar surface area (TPSA) is 44.1 Å². The number of nitrogens with zero attached hydrogens (tertiary/aromatic N) is 2. The van der Waals surface area contributed by atoms with E-state index in [1.54, 1.807) is 35.4 Å². The van der Waals surface area contributed by atoms with Gasteiger partial charge in [0.05, 0.1) is 12.6 Å². The van der Waals surface area contributed by atoms with Crippen LogP contribution in [0.5, 0.6) is 0 Å². The average Bonchev–Trinajstić information content (AvgIpc) is 2.86. The van der Waals surface area contributed by atoms with Gasteiger partial charge in [0.25, 0.3) is 0 Å². The average molecular weight is 349 g/mol. The van der Waals surface area contributed by atoms with E-state index in [4.69, 9.17) is 0 Å². The fraction of sp³-hybridized carbons (Fsp3) is 0.200. The molecule has 2 rings (SSSR count). The van der Waals surface area contributed by atoms with E-state index in [0.29, 0.717) is 6.54 Å². The van der Waals surface area contributed by atoms with Gasteiger partial charge in [-0.25, -0.2) is 0 Å². The van der Waals surface area contributed by atoms with Gasteiger partial charge in [0.2, 0.25) is 5.91 Å². The first-order chi connectivity index (χ1) is 9.61. The molecule has 102 valence electrons. The molecule has 5 heteroatoms. The van der Waals surface area contributed by atoms with Gasteiger partial charge in [0.1, 0.15) is 5.92 Å². The minimum absolute atomic E-state index is 0.178. The normalized spacial score (nSPS) is 11.7. The van der Waals surface area contributed by atoms with Crippen LogP contribution in [0.2, 0.25) is 0 Å². The minimum atomic E-state index is -0.746. The van der Waals surface area contributed by atoms with Crippen LogP contribution in [0.4, 0.5) is 0 Å². The molecule has 0 saturated carbocycles. The fourth-order valence-electron chi connectivity index (χ4n) is 1.89. The van der Waals surface area contributed by atoms with E-state index < -0.39 is 5.92 Å². The maximum Gasteiger partial charge on any atom is 0.244 e. The van der Waals surface area contributed by atoms with Crippen molar-refractivity contribution in [2.45, 2.75) is 12.5 Å². The Kier molecular flexibility index (Phi) is 4.94. The number of hydrogen-bond acceptors (Lipinski definition) is 3. The van der Waals surface area contributed by atoms with Gasteiger partial charge < -0.3 is 4.90 Å². The maximum atomic E-state index is 12.4. The van der Waals surface area contributed by atoms with Crippen LogP contribution < -0.4 is 0 Å². The lowest BCUT2D eigenvalue weighted by Gasteiger charge is -2.19. The number of nitriles is 1. The highest BCUT2D eigenvalue weighted by atomic mass is 79.9. The molecule has 1 amide bonds. The predicted octanol–water partition coefficient (Wildman–Crippen LogP) is 3.78. The summed E-state index contributed by atoms with van der Waals surface area (Å²) in [6.07, 6.45) is 0. The summed E-state index contributed by atoms with van der Waals surface area (Å²) in [6.45, 7) is 0.514. The Bertz CT molecular complexity index is 633. The highest BCUT2D eigenvalue weighted by Gasteiger charge is 2.23. The maximum absolute atomic E-state index is 12.4. The highest BCUT2D eigenvalue weighted by Crippen LogP contribution is 2.23. The Balaban J connectivity index is 2.11. The summed E-state index contributed by atoms with van der Waals surface area (Å²) < 4.78 is 1.01. The van der Waals surface area contributed by atoms with E-state index in [-0.39, 0.29) is 5.91 Å². The van der Waals surface area contributed by atoms with E-state index >= 15 is 0 Å². The molecule has 1 aromatic carbocycles. The van der Waals surface area contributed by atoms with Crippen LogP contribution in [0.3, 0.4) is 0 Å². The Labute approximate surface area is 130 Å². The molecule has 1 unspecified atom stereocenters. The molecule has 3 nitrogen and oxygen atoms in total. The van der Waals surface area contributed by atoms with Crippen LogP contribution in [0.1, 0.15) is 16.4 Å². The number of carbonyl (C=O) groups is 1. The molecule has 1 aromatic heterocycles. The van der Waals surface area contributed by atoms with Crippen molar-refractivity contribution in [2.24, 2.45) is 0 Å². The molecule has 1 atom stereocenters. The SMILES string of the molecule is CN(Cc1cc(Br)cs1)C(=O)C(C#N)c1ccccc1. The monoisotopic (exact) mass is 348 g/mol. The van der Waals surface area contributed by atoms with Crippen LogP contribution in [0, 0.1) is 11.3 Å². The lowest BCUT2D eigenvalue weighted by Crippen LogP contribution is -2.30. The van der Waals surface area contributed by atoms with Crippen LogP contribution >= 0.6 is 27.3 Å². The van der Waals surface area contributed by atoms with Crippen LogP contribution in [-0.4, -0.2) is 17.9 Å². The molecule has 0 aliphatic heterocycles. The standard InChI is InChI=1S/C15H13BrN2OS/c1-18(9-13-7-12(16)10-20-13)15(19)14(8-17)11-5-3-2-4-6-11/h2-7,10,14H,9H2,1H3. The Morgan fingerprint density at radius 1 is 1.45 bits per heavy atom. The van der Waals surface area contributed by atoms with Crippen molar-refractivity contribution in [2.75, 3.05) is 7.05 Å². The zero-order valence-corrected chi connectivity index (χ0v) is 13.3. The van der Waals surface area contributed by atoms with Gasteiger partial charge in [-0.1, -0.05) is 30.3 Å². The summed E-state index contributed by atoms with van der Waals surface area (Å²) in [7, 11) is 1.73. The number of amides is 1. The molecule has 0 fully saturated rings. The summed E-state index contributed by atoms with van der Waals surface area (Å²) in [5, 5.41) is 11.2. The number of benzene rings is 1. The zero-order chi connectivity index (χ0) is 14.5. The second kappa shape index (κ2) is 6.69. The molecule has 2 aromatic rings. The van der Waals surface area contributed by atoms with Gasteiger partial charge in [-0.2, -0.15) is 5.26 Å². The highest BCUT2D eigenvalue weighted by molar-refractivity contribution is 9.10. The second-order valence-corrected chi connectivity index (χ2v) is 6.31. The molecule has 0 bridgehead atoms. The molecule has 0 radical (unpaired) electrons. The summed E-state index contributed by atoms with van der Waals surface area (Å²) in [5.41, 5.74) is 0.735. The van der Waals surface area contributed by atoms with Gasteiger partial charge in [-0.3, -0.25) is 4.79 Å². The molecular weight excluding hydrogens is 336 g/mol. The first-order valence-electron chi connectivity index (χ1n) is 6.04. The van der Waals surface area contributed by atoms with E-state index in [1.165, 1.54) is 0 Å². The molecular formula is C15H13BrN2OS. The van der Waals surface area contributed by atoms with Gasteiger partial charge in [0, 0.05) is 21.8 Å². The third-order valence-corrected chi connectivity index (χ3v) is 4.58. The first-order valence-corrected chi connectivity index (χ1v) is 7.71. The summed E-state index contributed by atoms with van der Waals surface area (Å²) in [5.74, 6) is -0.923. The second-order valence-electron chi connectivity index (χ2n) is 4.40. The van der Waals surface area contributed by atoms with E-state index in [1.807, 2.05) is 29.6 Å². The lowest BCUT2D eigenvalue weighted by atomic mass is 9.99. The summed E-state index contributed by atoms with van der Waals surface area (Å²) >= 11 is 4.98. The fourth-order valence-corrected chi connectivity index (χ4v) is 3.39. The molecule has 20 heavy (non-hydrogen) atoms. The van der Waals surface area contributed by atoms with E-state index in [0.717, 1.165) is 14.9 Å². The number of thiophene rings is 1. The van der Waals surface area contributed by atoms with Crippen LogP contribution in [-0.2, 0) is 11.3 Å². The molecule has 0 aliphatic carbocycles. The van der Waals surface area contributed by atoms with Gasteiger partial charge >= 0.3 is 0 Å². The Morgan fingerprint density at radius 3 is 2.70 bits per heavy atom. The summed E-state index contributed by atoms with van der Waals surface area (Å²) in [6, 6.07) is 13.2. The lowest BCUT2D eigenvalue weighted by molar-refractivity contribution is -0.130.